The van der Waals surface area contributed by atoms with Crippen LogP contribution in [0.15, 0.2) is 30.3 Å². The first-order valence-electron chi connectivity index (χ1n) is 7.39. The van der Waals surface area contributed by atoms with Crippen LogP contribution in [0.25, 0.3) is 0 Å². The zero-order valence-electron chi connectivity index (χ0n) is 12.8. The van der Waals surface area contributed by atoms with Crippen molar-refractivity contribution in [2.75, 3.05) is 0 Å². The number of hydrogen-bond donors (Lipinski definition) is 1. The highest BCUT2D eigenvalue weighted by Crippen LogP contribution is 2.47. The number of amides is 1. The normalized spacial score (nSPS) is 20.3. The predicted molar refractivity (Wildman–Crippen MR) is 81.8 cm³/mol. The molecule has 4 heteroatoms. The van der Waals surface area contributed by atoms with Crippen LogP contribution in [0.2, 0.25) is 0 Å². The Balaban J connectivity index is 1.59. The third-order valence-corrected chi connectivity index (χ3v) is 4.45. The van der Waals surface area contributed by atoms with E-state index in [4.69, 9.17) is 0 Å². The average molecular weight is 283 g/mol. The van der Waals surface area contributed by atoms with E-state index in [0.717, 1.165) is 23.4 Å². The summed E-state index contributed by atoms with van der Waals surface area (Å²) in [5.74, 6) is 0.679. The van der Waals surface area contributed by atoms with Crippen LogP contribution in [0.3, 0.4) is 0 Å². The molecule has 21 heavy (non-hydrogen) atoms. The molecule has 1 aromatic carbocycles. The van der Waals surface area contributed by atoms with Crippen LogP contribution in [0, 0.1) is 19.8 Å². The van der Waals surface area contributed by atoms with Gasteiger partial charge in [0.25, 0.3) is 0 Å². The van der Waals surface area contributed by atoms with Crippen molar-refractivity contribution in [2.24, 2.45) is 13.0 Å². The zero-order valence-corrected chi connectivity index (χ0v) is 12.8. The van der Waals surface area contributed by atoms with Crippen LogP contribution in [0.1, 0.15) is 34.9 Å². The largest absolute Gasteiger partial charge is 0.352 e. The summed E-state index contributed by atoms with van der Waals surface area (Å²) in [4.78, 5) is 12.3. The summed E-state index contributed by atoms with van der Waals surface area (Å²) in [5, 5.41) is 7.44. The molecule has 3 rings (SSSR count). The van der Waals surface area contributed by atoms with Crippen molar-refractivity contribution in [1.82, 2.24) is 15.1 Å². The lowest BCUT2D eigenvalue weighted by Crippen LogP contribution is -2.25. The van der Waals surface area contributed by atoms with E-state index in [-0.39, 0.29) is 11.8 Å². The predicted octanol–water partition coefficient (Wildman–Crippen LogP) is 2.46. The van der Waals surface area contributed by atoms with E-state index in [9.17, 15) is 4.79 Å². The Morgan fingerprint density at radius 3 is 2.67 bits per heavy atom. The highest BCUT2D eigenvalue weighted by atomic mass is 16.2. The van der Waals surface area contributed by atoms with E-state index in [0.29, 0.717) is 12.5 Å². The molecular formula is C17H21N3O. The van der Waals surface area contributed by atoms with Gasteiger partial charge in [0.1, 0.15) is 0 Å². The van der Waals surface area contributed by atoms with E-state index in [1.165, 1.54) is 5.56 Å². The number of aryl methyl sites for hydroxylation is 2. The van der Waals surface area contributed by atoms with Crippen LogP contribution >= 0.6 is 0 Å². The van der Waals surface area contributed by atoms with Gasteiger partial charge in [-0.1, -0.05) is 30.3 Å². The SMILES string of the molecule is Cc1nn(C)c(C)c1CNC(=O)[C@@H]1C[C@H]1c1ccccc1. The number of carbonyl (C=O) groups excluding carboxylic acids is 1. The maximum Gasteiger partial charge on any atom is 0.224 e. The lowest BCUT2D eigenvalue weighted by molar-refractivity contribution is -0.122. The number of hydrogen-bond acceptors (Lipinski definition) is 2. The van der Waals surface area contributed by atoms with Gasteiger partial charge in [-0.25, -0.2) is 0 Å². The van der Waals surface area contributed by atoms with E-state index in [1.807, 2.05) is 43.8 Å². The molecular weight excluding hydrogens is 262 g/mol. The Kier molecular flexibility index (Phi) is 3.53. The van der Waals surface area contributed by atoms with Crippen molar-refractivity contribution in [1.29, 1.82) is 0 Å². The molecule has 1 N–H and O–H groups in total. The molecule has 0 aliphatic heterocycles. The summed E-state index contributed by atoms with van der Waals surface area (Å²) in [6.07, 6.45) is 0.959. The smallest absolute Gasteiger partial charge is 0.224 e. The average Bonchev–Trinajstić information content (AvgIpc) is 3.24. The van der Waals surface area contributed by atoms with Gasteiger partial charge in [0, 0.05) is 30.8 Å². The maximum absolute atomic E-state index is 12.3. The highest BCUT2D eigenvalue weighted by Gasteiger charge is 2.43. The Labute approximate surface area is 125 Å². The van der Waals surface area contributed by atoms with Crippen LogP contribution < -0.4 is 5.32 Å². The molecule has 0 unspecified atom stereocenters. The lowest BCUT2D eigenvalue weighted by atomic mass is 10.1. The number of nitrogens with zero attached hydrogens (tertiary/aromatic N) is 2. The molecule has 0 radical (unpaired) electrons. The minimum absolute atomic E-state index is 0.129. The van der Waals surface area contributed by atoms with Gasteiger partial charge in [0.2, 0.25) is 5.91 Å². The molecule has 2 aromatic rings. The summed E-state index contributed by atoms with van der Waals surface area (Å²) in [6.45, 7) is 4.59. The van der Waals surface area contributed by atoms with E-state index >= 15 is 0 Å². The van der Waals surface area contributed by atoms with Gasteiger partial charge in [0.05, 0.1) is 5.69 Å². The molecule has 2 atom stereocenters. The molecule has 1 fully saturated rings. The first kappa shape index (κ1) is 13.9. The maximum atomic E-state index is 12.3. The number of nitrogens with one attached hydrogen (secondary N) is 1. The fourth-order valence-corrected chi connectivity index (χ4v) is 2.93. The molecule has 1 saturated carbocycles. The molecule has 0 saturated heterocycles. The second-order valence-corrected chi connectivity index (χ2v) is 5.85. The van der Waals surface area contributed by atoms with Gasteiger partial charge in [-0.3, -0.25) is 9.48 Å². The van der Waals surface area contributed by atoms with Gasteiger partial charge in [-0.05, 0) is 31.7 Å². The lowest BCUT2D eigenvalue weighted by Gasteiger charge is -2.06. The fourth-order valence-electron chi connectivity index (χ4n) is 2.93. The third-order valence-electron chi connectivity index (χ3n) is 4.45. The molecule has 1 aliphatic carbocycles. The van der Waals surface area contributed by atoms with Crippen molar-refractivity contribution < 1.29 is 4.79 Å². The van der Waals surface area contributed by atoms with Crippen molar-refractivity contribution >= 4 is 5.91 Å². The first-order valence-corrected chi connectivity index (χ1v) is 7.39. The summed E-state index contributed by atoms with van der Waals surface area (Å²) < 4.78 is 1.86. The molecule has 1 heterocycles. The van der Waals surface area contributed by atoms with Crippen molar-refractivity contribution in [3.63, 3.8) is 0 Å². The topological polar surface area (TPSA) is 46.9 Å². The second kappa shape index (κ2) is 5.35. The van der Waals surface area contributed by atoms with Crippen LogP contribution in [-0.2, 0) is 18.4 Å². The van der Waals surface area contributed by atoms with Gasteiger partial charge in [0.15, 0.2) is 0 Å². The van der Waals surface area contributed by atoms with E-state index in [2.05, 4.69) is 22.5 Å². The van der Waals surface area contributed by atoms with Gasteiger partial charge >= 0.3 is 0 Å². The minimum Gasteiger partial charge on any atom is -0.352 e. The van der Waals surface area contributed by atoms with E-state index in [1.54, 1.807) is 0 Å². The Bertz CT molecular complexity index is 660. The van der Waals surface area contributed by atoms with Gasteiger partial charge in [-0.2, -0.15) is 5.10 Å². The molecule has 1 aliphatic rings. The number of carbonyl (C=O) groups is 1. The quantitative estimate of drug-likeness (QED) is 0.937. The standard InChI is InChI=1S/C17H21N3O/c1-11-16(12(2)20(3)19-11)10-18-17(21)15-9-14(15)13-7-5-4-6-8-13/h4-8,14-15H,9-10H2,1-3H3,(H,18,21)/t14-,15+/m0/s1. The van der Waals surface area contributed by atoms with Crippen LogP contribution in [-0.4, -0.2) is 15.7 Å². The Hall–Kier alpha value is -2.10. The highest BCUT2D eigenvalue weighted by molar-refractivity contribution is 5.82. The Morgan fingerprint density at radius 1 is 1.33 bits per heavy atom. The van der Waals surface area contributed by atoms with Crippen molar-refractivity contribution in [3.05, 3.63) is 52.8 Å². The second-order valence-electron chi connectivity index (χ2n) is 5.85. The molecule has 110 valence electrons. The van der Waals surface area contributed by atoms with Crippen molar-refractivity contribution in [2.45, 2.75) is 32.7 Å². The molecule has 0 spiro atoms. The fraction of sp³-hybridized carbons (Fsp3) is 0.412. The summed E-state index contributed by atoms with van der Waals surface area (Å²) in [5.41, 5.74) is 4.50. The van der Waals surface area contributed by atoms with E-state index < -0.39 is 0 Å². The Morgan fingerprint density at radius 2 is 2.05 bits per heavy atom. The first-order chi connectivity index (χ1) is 10.1. The molecule has 0 bridgehead atoms. The third kappa shape index (κ3) is 2.71. The molecule has 1 amide bonds. The number of aromatic nitrogens is 2. The van der Waals surface area contributed by atoms with Crippen molar-refractivity contribution in [3.8, 4) is 0 Å². The summed E-state index contributed by atoms with van der Waals surface area (Å²) >= 11 is 0. The van der Waals surface area contributed by atoms with Gasteiger partial charge < -0.3 is 5.32 Å². The zero-order chi connectivity index (χ0) is 15.0. The van der Waals surface area contributed by atoms with Crippen LogP contribution in [0.5, 0.6) is 0 Å². The minimum atomic E-state index is 0.129. The monoisotopic (exact) mass is 283 g/mol. The number of benzene rings is 1. The van der Waals surface area contributed by atoms with Gasteiger partial charge in [-0.15, -0.1) is 0 Å². The molecule has 4 nitrogen and oxygen atoms in total. The summed E-state index contributed by atoms with van der Waals surface area (Å²) in [6, 6.07) is 10.3. The van der Waals surface area contributed by atoms with Crippen LogP contribution in [0.4, 0.5) is 0 Å². The molecule has 1 aromatic heterocycles. The number of rotatable bonds is 4. The summed E-state index contributed by atoms with van der Waals surface area (Å²) in [7, 11) is 1.93.